The molecule has 2 saturated heterocycles. The summed E-state index contributed by atoms with van der Waals surface area (Å²) < 4.78 is 46.7. The Balaban J connectivity index is 0.00000210. The van der Waals surface area contributed by atoms with Crippen LogP contribution in [0.5, 0.6) is 0 Å². The highest BCUT2D eigenvalue weighted by Gasteiger charge is 2.39. The number of hydrogen-bond acceptors (Lipinski definition) is 6. The number of nitrogens with zero attached hydrogens (tertiary/aromatic N) is 6. The van der Waals surface area contributed by atoms with Crippen molar-refractivity contribution in [2.75, 3.05) is 13.2 Å². The van der Waals surface area contributed by atoms with Crippen LogP contribution in [0, 0.1) is 18.3 Å². The number of alkyl halides is 3. The third-order valence-corrected chi connectivity index (χ3v) is 4.88. The summed E-state index contributed by atoms with van der Waals surface area (Å²) in [5.41, 5.74) is -0.690. The fourth-order valence-electron chi connectivity index (χ4n) is 3.60. The van der Waals surface area contributed by atoms with Gasteiger partial charge in [-0.3, -0.25) is 4.90 Å². The summed E-state index contributed by atoms with van der Waals surface area (Å²) >= 11 is 0. The van der Waals surface area contributed by atoms with E-state index < -0.39 is 17.3 Å². The van der Waals surface area contributed by atoms with Crippen molar-refractivity contribution >= 4 is 12.4 Å². The Morgan fingerprint density at radius 3 is 2.74 bits per heavy atom. The van der Waals surface area contributed by atoms with Crippen molar-refractivity contribution in [1.29, 1.82) is 5.26 Å². The first-order chi connectivity index (χ1) is 12.4. The van der Waals surface area contributed by atoms with E-state index in [2.05, 4.69) is 20.4 Å². The third-order valence-electron chi connectivity index (χ3n) is 4.88. The molecule has 0 aliphatic carbocycles. The molecule has 7 nitrogen and oxygen atoms in total. The van der Waals surface area contributed by atoms with E-state index in [1.54, 1.807) is 13.0 Å². The van der Waals surface area contributed by atoms with Gasteiger partial charge in [-0.25, -0.2) is 0 Å². The number of aryl methyl sites for hydroxylation is 1. The summed E-state index contributed by atoms with van der Waals surface area (Å²) in [7, 11) is 0. The molecular formula is C16H16ClF3N6O. The van der Waals surface area contributed by atoms with Crippen molar-refractivity contribution in [3.05, 3.63) is 34.6 Å². The van der Waals surface area contributed by atoms with E-state index in [0.717, 1.165) is 19.0 Å². The van der Waals surface area contributed by atoms with Crippen molar-refractivity contribution in [3.8, 4) is 11.8 Å². The first-order valence-electron chi connectivity index (χ1n) is 8.12. The van der Waals surface area contributed by atoms with Gasteiger partial charge in [-0.2, -0.15) is 23.1 Å². The molecule has 11 heteroatoms. The molecule has 3 heterocycles. The van der Waals surface area contributed by atoms with Crippen LogP contribution in [-0.2, 0) is 17.5 Å². The zero-order chi connectivity index (χ0) is 18.5. The smallest absolute Gasteiger partial charge is 0.375 e. The highest BCUT2D eigenvalue weighted by molar-refractivity contribution is 5.85. The predicted molar refractivity (Wildman–Crippen MR) is 89.4 cm³/mol. The van der Waals surface area contributed by atoms with Crippen LogP contribution in [0.3, 0.4) is 0 Å². The van der Waals surface area contributed by atoms with Gasteiger partial charge in [0, 0.05) is 12.6 Å². The molecule has 1 unspecified atom stereocenters. The second-order valence-corrected chi connectivity index (χ2v) is 6.58. The zero-order valence-electron chi connectivity index (χ0n) is 14.3. The fourth-order valence-corrected chi connectivity index (χ4v) is 3.60. The Labute approximate surface area is 159 Å². The largest absolute Gasteiger partial charge is 0.417 e. The number of hydrogen-bond donors (Lipinski definition) is 0. The first-order valence-corrected chi connectivity index (χ1v) is 8.12. The predicted octanol–water partition coefficient (Wildman–Crippen LogP) is 2.26. The van der Waals surface area contributed by atoms with Gasteiger partial charge in [0.1, 0.15) is 0 Å². The summed E-state index contributed by atoms with van der Waals surface area (Å²) in [6, 6.07) is 4.05. The number of likely N-dealkylation sites (tertiary alicyclic amines) is 1. The Morgan fingerprint density at radius 1 is 1.37 bits per heavy atom. The molecule has 2 aliphatic heterocycles. The second-order valence-electron chi connectivity index (χ2n) is 6.58. The normalized spacial score (nSPS) is 21.9. The van der Waals surface area contributed by atoms with E-state index in [1.165, 1.54) is 10.7 Å². The highest BCUT2D eigenvalue weighted by Crippen LogP contribution is 2.35. The van der Waals surface area contributed by atoms with Gasteiger partial charge in [-0.05, 0) is 41.5 Å². The Bertz CT molecular complexity index is 893. The number of aromatic nitrogens is 4. The lowest BCUT2D eigenvalue weighted by atomic mass is 10.0. The van der Waals surface area contributed by atoms with E-state index in [9.17, 15) is 13.2 Å². The van der Waals surface area contributed by atoms with Crippen LogP contribution in [-0.4, -0.2) is 50.4 Å². The monoisotopic (exact) mass is 400 g/mol. The van der Waals surface area contributed by atoms with Crippen LogP contribution in [0.1, 0.15) is 28.9 Å². The number of nitriles is 1. The number of morpholine rings is 1. The molecule has 0 amide bonds. The highest BCUT2D eigenvalue weighted by atomic mass is 35.5. The van der Waals surface area contributed by atoms with Crippen LogP contribution in [0.4, 0.5) is 13.2 Å². The van der Waals surface area contributed by atoms with Crippen molar-refractivity contribution in [1.82, 2.24) is 25.1 Å². The second kappa shape index (κ2) is 7.07. The topological polar surface area (TPSA) is 79.9 Å². The maximum atomic E-state index is 13.3. The van der Waals surface area contributed by atoms with E-state index >= 15 is 0 Å². The van der Waals surface area contributed by atoms with E-state index in [4.69, 9.17) is 10.00 Å². The number of benzene rings is 1. The fraction of sp³-hybridized carbons (Fsp3) is 0.500. The van der Waals surface area contributed by atoms with Gasteiger partial charge in [-0.1, -0.05) is 0 Å². The van der Waals surface area contributed by atoms with Gasteiger partial charge in [0.15, 0.2) is 5.82 Å². The van der Waals surface area contributed by atoms with Crippen molar-refractivity contribution < 1.29 is 17.9 Å². The molecule has 0 radical (unpaired) electrons. The molecule has 2 atom stereocenters. The molecule has 0 spiro atoms. The molecule has 2 aliphatic rings. The van der Waals surface area contributed by atoms with E-state index in [1.807, 2.05) is 0 Å². The number of ether oxygens (including phenoxy) is 1. The zero-order valence-corrected chi connectivity index (χ0v) is 15.1. The Morgan fingerprint density at radius 2 is 2.15 bits per heavy atom. The number of tetrazole rings is 1. The third kappa shape index (κ3) is 3.50. The van der Waals surface area contributed by atoms with E-state index in [0.29, 0.717) is 24.5 Å². The quantitative estimate of drug-likeness (QED) is 0.786. The summed E-state index contributed by atoms with van der Waals surface area (Å²) in [5.74, 6) is 0.457. The maximum absolute atomic E-state index is 13.3. The average Bonchev–Trinajstić information content (AvgIpc) is 3.30. The van der Waals surface area contributed by atoms with Crippen LogP contribution < -0.4 is 0 Å². The molecule has 0 N–H and O–H groups in total. The minimum absolute atomic E-state index is 0. The van der Waals surface area contributed by atoms with Crippen molar-refractivity contribution in [2.45, 2.75) is 38.2 Å². The summed E-state index contributed by atoms with van der Waals surface area (Å²) in [4.78, 5) is 2.18. The maximum Gasteiger partial charge on any atom is 0.417 e. The minimum Gasteiger partial charge on any atom is -0.375 e. The molecule has 4 rings (SSSR count). The molecule has 27 heavy (non-hydrogen) atoms. The Kier molecular flexibility index (Phi) is 5.12. The molecule has 0 saturated carbocycles. The Hall–Kier alpha value is -2.22. The van der Waals surface area contributed by atoms with E-state index in [-0.39, 0.29) is 30.2 Å². The van der Waals surface area contributed by atoms with Crippen LogP contribution in [0.2, 0.25) is 0 Å². The summed E-state index contributed by atoms with van der Waals surface area (Å²) in [6.07, 6.45) is -3.47. The molecule has 1 aromatic heterocycles. The van der Waals surface area contributed by atoms with Crippen molar-refractivity contribution in [3.63, 3.8) is 0 Å². The molecule has 2 bridgehead atoms. The average molecular weight is 401 g/mol. The van der Waals surface area contributed by atoms with Gasteiger partial charge < -0.3 is 4.74 Å². The van der Waals surface area contributed by atoms with Crippen molar-refractivity contribution in [2.24, 2.45) is 0 Å². The number of rotatable bonds is 3. The standard InChI is InChI=1S/C16H15F3N6O.ClH/c1-9-2-10(5-20)13(16(17,18)19)4-14(9)25-15(21-22-23-25)7-24-6-12-3-11(24)8-26-12;/h2,4,11-12H,3,6-8H2,1H3;1H/t11-,12?;/m0./s1. The molecule has 144 valence electrons. The van der Waals surface area contributed by atoms with Crippen LogP contribution in [0.25, 0.3) is 5.69 Å². The van der Waals surface area contributed by atoms with Crippen LogP contribution in [0.15, 0.2) is 12.1 Å². The van der Waals surface area contributed by atoms with Crippen LogP contribution >= 0.6 is 12.4 Å². The van der Waals surface area contributed by atoms with Gasteiger partial charge in [0.25, 0.3) is 0 Å². The molecule has 2 fully saturated rings. The minimum atomic E-state index is -4.63. The number of fused-ring (bicyclic) bond motifs is 2. The lowest BCUT2D eigenvalue weighted by molar-refractivity contribution is -0.137. The SMILES string of the molecule is Cc1cc(C#N)c(C(F)(F)F)cc1-n1nnnc1CN1CC2C[C@H]1CO2.Cl. The lowest BCUT2D eigenvalue weighted by Crippen LogP contribution is -2.37. The van der Waals surface area contributed by atoms with Gasteiger partial charge in [0.2, 0.25) is 0 Å². The summed E-state index contributed by atoms with van der Waals surface area (Å²) in [6.45, 7) is 3.48. The lowest BCUT2D eigenvalue weighted by Gasteiger charge is -2.26. The molecule has 1 aromatic carbocycles. The first kappa shape index (κ1) is 19.5. The van der Waals surface area contributed by atoms with Gasteiger partial charge in [-0.15, -0.1) is 17.5 Å². The molecule has 2 aromatic rings. The number of halogens is 4. The van der Waals surface area contributed by atoms with Gasteiger partial charge in [0.05, 0.1) is 42.1 Å². The van der Waals surface area contributed by atoms with Gasteiger partial charge >= 0.3 is 6.18 Å². The summed E-state index contributed by atoms with van der Waals surface area (Å²) in [5, 5.41) is 20.5. The molecular weight excluding hydrogens is 385 g/mol.